The van der Waals surface area contributed by atoms with Crippen LogP contribution in [-0.2, 0) is 18.5 Å². The third kappa shape index (κ3) is 3.20. The summed E-state index contributed by atoms with van der Waals surface area (Å²) in [6.45, 7) is 2.18. The van der Waals surface area contributed by atoms with Crippen LogP contribution in [0.3, 0.4) is 0 Å². The number of rotatable bonds is 3. The molecule has 1 aliphatic rings. The van der Waals surface area contributed by atoms with Crippen LogP contribution in [-0.4, -0.2) is 33.7 Å². The molecule has 104 valence electrons. The Hall–Kier alpha value is -0.820. The number of carbonyl (C=O) groups excluding carboxylic acids is 1. The molecule has 1 aromatic carbocycles. The summed E-state index contributed by atoms with van der Waals surface area (Å²) >= 11 is 5.90. The summed E-state index contributed by atoms with van der Waals surface area (Å²) < 4.78 is 32.8. The van der Waals surface area contributed by atoms with E-state index in [1.807, 2.05) is 0 Å². The van der Waals surface area contributed by atoms with Gasteiger partial charge in [-0.25, -0.2) is 13.2 Å². The number of benzene rings is 1. The lowest BCUT2D eigenvalue weighted by molar-refractivity contribution is -0.103. The fourth-order valence-electron chi connectivity index (χ4n) is 1.53. The molecule has 0 amide bonds. The van der Waals surface area contributed by atoms with E-state index in [0.717, 1.165) is 6.07 Å². The molecular weight excluding hydrogens is 315 g/mol. The first kappa shape index (κ1) is 14.6. The normalized spacial score (nSPS) is 15.9. The van der Waals surface area contributed by atoms with Gasteiger partial charge in [0.2, 0.25) is 0 Å². The zero-order chi connectivity index (χ0) is 14.2. The van der Waals surface area contributed by atoms with Gasteiger partial charge in [-0.2, -0.15) is 0 Å². The van der Waals surface area contributed by atoms with Crippen LogP contribution in [0.5, 0.6) is 0 Å². The Morgan fingerprint density at radius 1 is 1.42 bits per heavy atom. The van der Waals surface area contributed by atoms with Crippen molar-refractivity contribution in [1.29, 1.82) is 0 Å². The standard InChI is InChI=1S/C11H10Cl2O5S/c1-6-9(12)2-7(3-10(6)19(13,15)16)11(14)18-8-4-17-5-8/h2-3,8H,4-5H2,1H3. The summed E-state index contributed by atoms with van der Waals surface area (Å²) in [5.41, 5.74) is 0.335. The highest BCUT2D eigenvalue weighted by Crippen LogP contribution is 2.28. The number of esters is 1. The van der Waals surface area contributed by atoms with Gasteiger partial charge in [0.25, 0.3) is 9.05 Å². The van der Waals surface area contributed by atoms with Crippen molar-refractivity contribution in [3.05, 3.63) is 28.3 Å². The van der Waals surface area contributed by atoms with E-state index in [-0.39, 0.29) is 21.6 Å². The average molecular weight is 325 g/mol. The Morgan fingerprint density at radius 2 is 2.05 bits per heavy atom. The SMILES string of the molecule is Cc1c(Cl)cc(C(=O)OC2COC2)cc1S(=O)(=O)Cl. The summed E-state index contributed by atoms with van der Waals surface area (Å²) in [5.74, 6) is -0.656. The maximum Gasteiger partial charge on any atom is 0.338 e. The molecule has 0 aliphatic carbocycles. The van der Waals surface area contributed by atoms with Crippen LogP contribution in [0.25, 0.3) is 0 Å². The summed E-state index contributed by atoms with van der Waals surface area (Å²) in [6, 6.07) is 2.51. The van der Waals surface area contributed by atoms with Crippen molar-refractivity contribution >= 4 is 37.3 Å². The highest BCUT2D eigenvalue weighted by atomic mass is 35.7. The molecule has 1 aromatic rings. The zero-order valence-corrected chi connectivity index (χ0v) is 12.2. The molecule has 5 nitrogen and oxygen atoms in total. The van der Waals surface area contributed by atoms with E-state index in [1.165, 1.54) is 13.0 Å². The minimum atomic E-state index is -3.98. The van der Waals surface area contributed by atoms with Crippen LogP contribution in [0.2, 0.25) is 5.02 Å². The van der Waals surface area contributed by atoms with E-state index in [0.29, 0.717) is 18.8 Å². The molecule has 19 heavy (non-hydrogen) atoms. The minimum Gasteiger partial charge on any atom is -0.454 e. The Bertz CT molecular complexity index is 622. The number of hydrogen-bond acceptors (Lipinski definition) is 5. The summed E-state index contributed by atoms with van der Waals surface area (Å²) in [4.78, 5) is 11.6. The Morgan fingerprint density at radius 3 is 2.53 bits per heavy atom. The Kier molecular flexibility index (Phi) is 4.06. The van der Waals surface area contributed by atoms with Crippen molar-refractivity contribution in [3.8, 4) is 0 Å². The molecule has 0 atom stereocenters. The van der Waals surface area contributed by atoms with Gasteiger partial charge < -0.3 is 9.47 Å². The van der Waals surface area contributed by atoms with Gasteiger partial charge in [0.1, 0.15) is 6.10 Å². The number of ether oxygens (including phenoxy) is 2. The fraction of sp³-hybridized carbons (Fsp3) is 0.364. The van der Waals surface area contributed by atoms with Crippen LogP contribution >= 0.6 is 22.3 Å². The van der Waals surface area contributed by atoms with E-state index >= 15 is 0 Å². The smallest absolute Gasteiger partial charge is 0.338 e. The van der Waals surface area contributed by atoms with Gasteiger partial charge in [-0.05, 0) is 24.6 Å². The molecule has 2 rings (SSSR count). The molecule has 1 fully saturated rings. The second-order valence-electron chi connectivity index (χ2n) is 4.08. The van der Waals surface area contributed by atoms with Crippen LogP contribution < -0.4 is 0 Å². The average Bonchev–Trinajstić information content (AvgIpc) is 2.25. The predicted molar refractivity (Wildman–Crippen MR) is 69.3 cm³/mol. The van der Waals surface area contributed by atoms with E-state index < -0.39 is 15.0 Å². The number of halogens is 2. The minimum absolute atomic E-state index is 0.0433. The molecule has 0 spiro atoms. The lowest BCUT2D eigenvalue weighted by Gasteiger charge is -2.25. The van der Waals surface area contributed by atoms with Gasteiger partial charge in [-0.3, -0.25) is 0 Å². The quantitative estimate of drug-likeness (QED) is 0.629. The van der Waals surface area contributed by atoms with Crippen molar-refractivity contribution in [3.63, 3.8) is 0 Å². The summed E-state index contributed by atoms with van der Waals surface area (Å²) in [6.07, 6.45) is -0.302. The summed E-state index contributed by atoms with van der Waals surface area (Å²) in [5, 5.41) is 0.138. The largest absolute Gasteiger partial charge is 0.454 e. The second kappa shape index (κ2) is 5.28. The van der Waals surface area contributed by atoms with E-state index in [1.54, 1.807) is 0 Å². The Labute approximate surface area is 119 Å². The maximum atomic E-state index is 11.8. The van der Waals surface area contributed by atoms with E-state index in [9.17, 15) is 13.2 Å². The number of carbonyl (C=O) groups is 1. The van der Waals surface area contributed by atoms with Crippen molar-refractivity contribution in [1.82, 2.24) is 0 Å². The van der Waals surface area contributed by atoms with Crippen molar-refractivity contribution < 1.29 is 22.7 Å². The van der Waals surface area contributed by atoms with Crippen molar-refractivity contribution in [2.24, 2.45) is 0 Å². The third-order valence-corrected chi connectivity index (χ3v) is 4.52. The Balaban J connectivity index is 2.36. The van der Waals surface area contributed by atoms with Gasteiger partial charge in [-0.15, -0.1) is 0 Å². The molecule has 0 saturated carbocycles. The lowest BCUT2D eigenvalue weighted by Crippen LogP contribution is -2.37. The summed E-state index contributed by atoms with van der Waals surface area (Å²) in [7, 11) is 1.32. The topological polar surface area (TPSA) is 69.7 Å². The van der Waals surface area contributed by atoms with Crippen molar-refractivity contribution in [2.45, 2.75) is 17.9 Å². The lowest BCUT2D eigenvalue weighted by atomic mass is 10.1. The molecule has 0 aromatic heterocycles. The molecule has 0 unspecified atom stereocenters. The fourth-order valence-corrected chi connectivity index (χ4v) is 3.03. The molecule has 1 aliphatic heterocycles. The molecule has 1 heterocycles. The second-order valence-corrected chi connectivity index (χ2v) is 7.03. The third-order valence-electron chi connectivity index (χ3n) is 2.68. The van der Waals surface area contributed by atoms with E-state index in [4.69, 9.17) is 31.8 Å². The van der Waals surface area contributed by atoms with Crippen LogP contribution in [0.4, 0.5) is 0 Å². The maximum absolute atomic E-state index is 11.8. The first-order chi connectivity index (χ1) is 8.79. The van der Waals surface area contributed by atoms with Gasteiger partial charge >= 0.3 is 5.97 Å². The van der Waals surface area contributed by atoms with Gasteiger partial charge in [0.05, 0.1) is 23.7 Å². The zero-order valence-electron chi connectivity index (χ0n) is 9.85. The molecule has 0 radical (unpaired) electrons. The van der Waals surface area contributed by atoms with Gasteiger partial charge in [-0.1, -0.05) is 11.6 Å². The highest BCUT2D eigenvalue weighted by molar-refractivity contribution is 8.13. The molecule has 8 heteroatoms. The predicted octanol–water partition coefficient (Wildman–Crippen LogP) is 2.13. The van der Waals surface area contributed by atoms with E-state index in [2.05, 4.69) is 0 Å². The van der Waals surface area contributed by atoms with Crippen LogP contribution in [0.15, 0.2) is 17.0 Å². The first-order valence-electron chi connectivity index (χ1n) is 5.32. The van der Waals surface area contributed by atoms with Gasteiger partial charge in [0, 0.05) is 15.7 Å². The monoisotopic (exact) mass is 324 g/mol. The molecule has 0 N–H and O–H groups in total. The first-order valence-corrected chi connectivity index (χ1v) is 8.01. The molecule has 1 saturated heterocycles. The van der Waals surface area contributed by atoms with Gasteiger partial charge in [0.15, 0.2) is 0 Å². The number of hydrogen-bond donors (Lipinski definition) is 0. The molecule has 0 bridgehead atoms. The van der Waals surface area contributed by atoms with Crippen molar-refractivity contribution in [2.75, 3.05) is 13.2 Å². The van der Waals surface area contributed by atoms with Crippen LogP contribution in [0.1, 0.15) is 15.9 Å². The highest BCUT2D eigenvalue weighted by Gasteiger charge is 2.25. The molecular formula is C11H10Cl2O5S. The van der Waals surface area contributed by atoms with Crippen LogP contribution in [0, 0.1) is 6.92 Å².